The van der Waals surface area contributed by atoms with Gasteiger partial charge in [0.1, 0.15) is 0 Å². The average Bonchev–Trinajstić information content (AvgIpc) is 2.09. The summed E-state index contributed by atoms with van der Waals surface area (Å²) in [6, 6.07) is 0. The summed E-state index contributed by atoms with van der Waals surface area (Å²) in [4.78, 5) is 9.00. The van der Waals surface area contributed by atoms with Gasteiger partial charge in [-0.1, -0.05) is 27.7 Å². The van der Waals surface area contributed by atoms with E-state index in [1.807, 2.05) is 0 Å². The molecule has 3 N–H and O–H groups in total. The molecule has 0 bridgehead atoms. The molecule has 15 heavy (non-hydrogen) atoms. The number of aliphatic carboxylic acids is 1. The predicted molar refractivity (Wildman–Crippen MR) is 74.7 cm³/mol. The smallest absolute Gasteiger partial charge is 1.00 e. The van der Waals surface area contributed by atoms with Crippen molar-refractivity contribution in [2.75, 3.05) is 23.0 Å². The van der Waals surface area contributed by atoms with Crippen molar-refractivity contribution < 1.29 is 18.2 Å². The van der Waals surface area contributed by atoms with Crippen molar-refractivity contribution in [2.24, 2.45) is 0 Å². The minimum absolute atomic E-state index is 0. The van der Waals surface area contributed by atoms with E-state index >= 15 is 0 Å². The number of carboxylic acids is 1. The van der Waals surface area contributed by atoms with E-state index in [1.165, 1.54) is 23.0 Å². The van der Waals surface area contributed by atoms with E-state index in [2.05, 4.69) is 27.7 Å². The summed E-state index contributed by atoms with van der Waals surface area (Å²) in [7, 11) is -0.148. The monoisotopic (exact) mass is 268 g/mol. The van der Waals surface area contributed by atoms with Gasteiger partial charge in [0.2, 0.25) is 0 Å². The van der Waals surface area contributed by atoms with Crippen LogP contribution in [0.4, 0.5) is 0 Å². The van der Waals surface area contributed by atoms with E-state index in [1.54, 1.807) is 0 Å². The van der Waals surface area contributed by atoms with E-state index < -0.39 is 5.97 Å². The Morgan fingerprint density at radius 1 is 1.07 bits per heavy atom. The zero-order valence-corrected chi connectivity index (χ0v) is 13.8. The number of carbonyl (C=O) groups is 1. The van der Waals surface area contributed by atoms with E-state index in [-0.39, 0.29) is 56.1 Å². The maximum atomic E-state index is 9.00. The van der Waals surface area contributed by atoms with Gasteiger partial charge in [0, 0.05) is 6.92 Å². The molecule has 0 aromatic carbocycles. The van der Waals surface area contributed by atoms with Gasteiger partial charge in [-0.2, -0.15) is 0 Å². The van der Waals surface area contributed by atoms with Crippen molar-refractivity contribution in [3.05, 3.63) is 0 Å². The second kappa shape index (κ2) is 15.0. The molecular formula is C10H28CaO3S. The maximum Gasteiger partial charge on any atom is 2.00 e. The van der Waals surface area contributed by atoms with Crippen molar-refractivity contribution in [3.63, 3.8) is 0 Å². The number of hydrogen-bond donors (Lipinski definition) is 1. The maximum absolute atomic E-state index is 9.00. The number of carboxylic acid groups (broad SMARTS) is 1. The SMILES string of the molecule is CC(=O)O.CCS(CC)(CC)CC.O.[Ca+2].[H-].[H-]. The molecule has 0 heterocycles. The van der Waals surface area contributed by atoms with Crippen LogP contribution in [-0.4, -0.2) is 77.3 Å². The van der Waals surface area contributed by atoms with Crippen LogP contribution in [0.2, 0.25) is 0 Å². The van der Waals surface area contributed by atoms with Gasteiger partial charge in [-0.05, 0) is 23.0 Å². The Bertz CT molecular complexity index is 126. The molecule has 0 aliphatic heterocycles. The fourth-order valence-corrected chi connectivity index (χ4v) is 3.67. The molecule has 0 unspecified atom stereocenters. The Morgan fingerprint density at radius 2 is 1.20 bits per heavy atom. The Morgan fingerprint density at radius 3 is 1.20 bits per heavy atom. The second-order valence-corrected chi connectivity index (χ2v) is 7.66. The predicted octanol–water partition coefficient (Wildman–Crippen LogP) is 1.98. The zero-order chi connectivity index (χ0) is 10.9. The van der Waals surface area contributed by atoms with Gasteiger partial charge < -0.3 is 13.4 Å². The Hall–Kier alpha value is 1.04. The quantitative estimate of drug-likeness (QED) is 0.792. The third-order valence-electron chi connectivity index (χ3n) is 2.45. The average molecular weight is 268 g/mol. The first-order chi connectivity index (χ1) is 5.97. The largest absolute Gasteiger partial charge is 2.00 e. The van der Waals surface area contributed by atoms with Crippen molar-refractivity contribution in [3.8, 4) is 0 Å². The van der Waals surface area contributed by atoms with Gasteiger partial charge in [0.25, 0.3) is 5.97 Å². The summed E-state index contributed by atoms with van der Waals surface area (Å²) in [5.74, 6) is 4.87. The van der Waals surface area contributed by atoms with E-state index in [4.69, 9.17) is 9.90 Å². The molecule has 0 amide bonds. The molecule has 0 saturated heterocycles. The standard InChI is InChI=1S/C8H20S.C2H4O2.Ca.H2O.2H/c1-5-9(6-2,7-3)8-4;1-2(3)4;;;;/h5-8H2,1-4H3;1H3,(H,3,4);;1H2;;/q;;+2;;2*-1. The van der Waals surface area contributed by atoms with E-state index in [9.17, 15) is 0 Å². The molecule has 0 aliphatic carbocycles. The first-order valence-corrected chi connectivity index (χ1v) is 7.22. The van der Waals surface area contributed by atoms with Crippen LogP contribution >= 0.6 is 10.0 Å². The van der Waals surface area contributed by atoms with Gasteiger partial charge in [0.05, 0.1) is 0 Å². The molecule has 0 aromatic rings. The van der Waals surface area contributed by atoms with Crippen LogP contribution in [0.15, 0.2) is 0 Å². The summed E-state index contributed by atoms with van der Waals surface area (Å²) in [6.45, 7) is 10.4. The summed E-state index contributed by atoms with van der Waals surface area (Å²) >= 11 is 0. The minimum atomic E-state index is -0.833. The second-order valence-electron chi connectivity index (χ2n) is 2.90. The van der Waals surface area contributed by atoms with E-state index in [0.29, 0.717) is 0 Å². The molecule has 0 rings (SSSR count). The molecule has 3 nitrogen and oxygen atoms in total. The number of hydrogen-bond acceptors (Lipinski definition) is 1. The normalized spacial score (nSPS) is 9.93. The molecule has 5 heteroatoms. The molecular weight excluding hydrogens is 240 g/mol. The molecule has 0 fully saturated rings. The Labute approximate surface area is 129 Å². The molecule has 0 aromatic heterocycles. The van der Waals surface area contributed by atoms with Crippen LogP contribution < -0.4 is 0 Å². The van der Waals surface area contributed by atoms with Crippen LogP contribution in [0, 0.1) is 0 Å². The van der Waals surface area contributed by atoms with Crippen molar-refractivity contribution in [1.82, 2.24) is 0 Å². The Balaban J connectivity index is -0.0000000338. The van der Waals surface area contributed by atoms with Crippen molar-refractivity contribution in [2.45, 2.75) is 34.6 Å². The van der Waals surface area contributed by atoms with Crippen LogP contribution in [0.3, 0.4) is 0 Å². The van der Waals surface area contributed by atoms with Crippen LogP contribution in [-0.2, 0) is 4.79 Å². The van der Waals surface area contributed by atoms with Crippen LogP contribution in [0.25, 0.3) is 0 Å². The van der Waals surface area contributed by atoms with E-state index in [0.717, 1.165) is 6.92 Å². The van der Waals surface area contributed by atoms with Crippen molar-refractivity contribution in [1.29, 1.82) is 0 Å². The number of rotatable bonds is 4. The molecule has 0 saturated carbocycles. The molecule has 0 spiro atoms. The first kappa shape index (κ1) is 25.0. The topological polar surface area (TPSA) is 68.8 Å². The van der Waals surface area contributed by atoms with Gasteiger partial charge in [-0.25, -0.2) is 10.0 Å². The zero-order valence-electron chi connectivity index (χ0n) is 12.8. The van der Waals surface area contributed by atoms with Crippen LogP contribution in [0.5, 0.6) is 0 Å². The summed E-state index contributed by atoms with van der Waals surface area (Å²) < 4.78 is 0. The third kappa shape index (κ3) is 15.0. The van der Waals surface area contributed by atoms with Crippen molar-refractivity contribution >= 4 is 53.7 Å². The summed E-state index contributed by atoms with van der Waals surface area (Å²) in [5, 5.41) is 7.42. The summed E-state index contributed by atoms with van der Waals surface area (Å²) in [6.07, 6.45) is 0. The Kier molecular flexibility index (Phi) is 25.1. The molecule has 0 radical (unpaired) electrons. The molecule has 0 aliphatic rings. The fourth-order valence-electron chi connectivity index (χ4n) is 1.22. The third-order valence-corrected chi connectivity index (χ3v) is 7.35. The van der Waals surface area contributed by atoms with Gasteiger partial charge in [-0.3, -0.25) is 4.79 Å². The van der Waals surface area contributed by atoms with Gasteiger partial charge in [-0.15, -0.1) is 0 Å². The molecule has 0 atom stereocenters. The first-order valence-electron chi connectivity index (χ1n) is 4.91. The molecule has 94 valence electrons. The van der Waals surface area contributed by atoms with Gasteiger partial charge in [0.15, 0.2) is 0 Å². The summed E-state index contributed by atoms with van der Waals surface area (Å²) in [5.41, 5.74) is 0. The van der Waals surface area contributed by atoms with Gasteiger partial charge >= 0.3 is 37.7 Å². The minimum Gasteiger partial charge on any atom is -1.00 e. The fraction of sp³-hybridized carbons (Fsp3) is 0.900. The van der Waals surface area contributed by atoms with Crippen LogP contribution in [0.1, 0.15) is 37.5 Å².